The molecule has 1 aliphatic rings. The van der Waals surface area contributed by atoms with Gasteiger partial charge in [-0.2, -0.15) is 4.39 Å². The molecule has 0 amide bonds. The Hall–Kier alpha value is -3.42. The van der Waals surface area contributed by atoms with Crippen molar-refractivity contribution in [1.82, 2.24) is 0 Å². The first-order valence-electron chi connectivity index (χ1n) is 12.8. The number of rotatable bonds is 8. The topological polar surface area (TPSA) is 35.5 Å². The maximum atomic E-state index is 14.8. The van der Waals surface area contributed by atoms with Gasteiger partial charge < -0.3 is 9.47 Å². The molecule has 4 rings (SSSR count). The van der Waals surface area contributed by atoms with Crippen LogP contribution in [0.1, 0.15) is 62.5 Å². The molecule has 1 saturated carbocycles. The van der Waals surface area contributed by atoms with Crippen LogP contribution in [0.3, 0.4) is 0 Å². The second-order valence-electron chi connectivity index (χ2n) is 9.65. The Kier molecular flexibility index (Phi) is 8.69. The number of unbranched alkanes of at least 4 members (excludes halogenated alkanes) is 1. The molecular weight excluding hydrogens is 503 g/mol. The van der Waals surface area contributed by atoms with Crippen LogP contribution in [0.4, 0.5) is 22.0 Å². The minimum absolute atomic E-state index is 0.0644. The number of carbonyl (C=O) groups excluding carboxylic acids is 1. The van der Waals surface area contributed by atoms with Crippen LogP contribution in [0, 0.1) is 41.9 Å². The van der Waals surface area contributed by atoms with Crippen molar-refractivity contribution in [3.63, 3.8) is 0 Å². The van der Waals surface area contributed by atoms with E-state index < -0.39 is 41.0 Å². The number of esters is 1. The number of ether oxygens (including phenoxy) is 2. The van der Waals surface area contributed by atoms with E-state index in [0.29, 0.717) is 37.7 Å². The minimum Gasteiger partial charge on any atom is -0.490 e. The van der Waals surface area contributed by atoms with Gasteiger partial charge in [0.05, 0.1) is 12.5 Å². The highest BCUT2D eigenvalue weighted by Crippen LogP contribution is 2.39. The van der Waals surface area contributed by atoms with Crippen LogP contribution in [-0.2, 0) is 4.79 Å². The van der Waals surface area contributed by atoms with Crippen molar-refractivity contribution in [2.45, 2.75) is 58.3 Å². The number of halogens is 5. The van der Waals surface area contributed by atoms with Gasteiger partial charge in [-0.3, -0.25) is 4.79 Å². The van der Waals surface area contributed by atoms with Crippen molar-refractivity contribution in [3.8, 4) is 22.6 Å². The van der Waals surface area contributed by atoms with Crippen LogP contribution in [0.5, 0.6) is 11.5 Å². The van der Waals surface area contributed by atoms with E-state index >= 15 is 0 Å². The summed E-state index contributed by atoms with van der Waals surface area (Å²) >= 11 is 0. The minimum atomic E-state index is -1.23. The maximum Gasteiger partial charge on any atom is 0.314 e. The van der Waals surface area contributed by atoms with E-state index in [0.717, 1.165) is 12.5 Å². The van der Waals surface area contributed by atoms with E-state index in [-0.39, 0.29) is 40.7 Å². The van der Waals surface area contributed by atoms with Crippen LogP contribution < -0.4 is 9.47 Å². The Bertz CT molecular complexity index is 1320. The summed E-state index contributed by atoms with van der Waals surface area (Å²) in [6.07, 6.45) is 3.31. The van der Waals surface area contributed by atoms with Gasteiger partial charge in [0.2, 0.25) is 5.82 Å². The van der Waals surface area contributed by atoms with Gasteiger partial charge in [0.1, 0.15) is 11.6 Å². The molecule has 0 heterocycles. The number of benzene rings is 3. The van der Waals surface area contributed by atoms with Crippen molar-refractivity contribution >= 4 is 5.97 Å². The van der Waals surface area contributed by atoms with Crippen LogP contribution in [0.2, 0.25) is 0 Å². The van der Waals surface area contributed by atoms with Gasteiger partial charge in [0.25, 0.3) is 0 Å². The van der Waals surface area contributed by atoms with Gasteiger partial charge in [-0.05, 0) is 80.3 Å². The number of hydrogen-bond acceptors (Lipinski definition) is 3. The van der Waals surface area contributed by atoms with E-state index in [1.54, 1.807) is 12.1 Å². The first-order valence-corrected chi connectivity index (χ1v) is 12.8. The molecule has 0 saturated heterocycles. The summed E-state index contributed by atoms with van der Waals surface area (Å²) in [6.45, 7) is 3.68. The average molecular weight is 533 g/mol. The lowest BCUT2D eigenvalue weighted by atomic mass is 9.78. The molecule has 3 aromatic rings. The van der Waals surface area contributed by atoms with Gasteiger partial charge >= 0.3 is 5.97 Å². The third kappa shape index (κ3) is 5.84. The summed E-state index contributed by atoms with van der Waals surface area (Å²) in [4.78, 5) is 12.7. The molecule has 0 radical (unpaired) electrons. The van der Waals surface area contributed by atoms with Crippen LogP contribution >= 0.6 is 0 Å². The molecule has 0 aliphatic heterocycles. The second-order valence-corrected chi connectivity index (χ2v) is 9.65. The van der Waals surface area contributed by atoms with Crippen molar-refractivity contribution in [3.05, 3.63) is 82.7 Å². The zero-order valence-electron chi connectivity index (χ0n) is 21.3. The fourth-order valence-corrected chi connectivity index (χ4v) is 4.77. The average Bonchev–Trinajstić information content (AvgIpc) is 2.91. The molecule has 8 heteroatoms. The lowest BCUT2D eigenvalue weighted by Crippen LogP contribution is -2.25. The summed E-state index contributed by atoms with van der Waals surface area (Å²) in [5, 5.41) is 0. The molecule has 202 valence electrons. The zero-order chi connectivity index (χ0) is 27.4. The molecule has 3 aromatic carbocycles. The smallest absolute Gasteiger partial charge is 0.314 e. The van der Waals surface area contributed by atoms with Crippen LogP contribution in [0.25, 0.3) is 11.1 Å². The number of carbonyl (C=O) groups is 1. The molecule has 0 spiro atoms. The Morgan fingerprint density at radius 2 is 1.55 bits per heavy atom. The van der Waals surface area contributed by atoms with E-state index in [9.17, 15) is 26.7 Å². The highest BCUT2D eigenvalue weighted by molar-refractivity contribution is 5.76. The quantitative estimate of drug-likeness (QED) is 0.126. The molecule has 0 aromatic heterocycles. The molecule has 0 atom stereocenters. The summed E-state index contributed by atoms with van der Waals surface area (Å²) < 4.78 is 82.9. The van der Waals surface area contributed by atoms with Gasteiger partial charge in [-0.1, -0.05) is 25.5 Å². The highest BCUT2D eigenvalue weighted by Gasteiger charge is 2.30. The molecular formula is C30H29F5O3. The van der Waals surface area contributed by atoms with Gasteiger partial charge in [-0.15, -0.1) is 0 Å². The SMILES string of the molecule is CCCCOc1ccc(-c2ccc(OC(=O)C3CCC(c4ccc(C)c(F)c4F)CC3)cc2F)c(F)c1F. The van der Waals surface area contributed by atoms with Crippen molar-refractivity contribution in [2.24, 2.45) is 5.92 Å². The lowest BCUT2D eigenvalue weighted by molar-refractivity contribution is -0.140. The predicted octanol–water partition coefficient (Wildman–Crippen LogP) is 8.42. The Morgan fingerprint density at radius 3 is 2.24 bits per heavy atom. The van der Waals surface area contributed by atoms with Gasteiger partial charge in [0, 0.05) is 17.2 Å². The molecule has 0 bridgehead atoms. The molecule has 0 unspecified atom stereocenters. The zero-order valence-corrected chi connectivity index (χ0v) is 21.3. The maximum absolute atomic E-state index is 14.8. The van der Waals surface area contributed by atoms with Gasteiger partial charge in [-0.25, -0.2) is 17.6 Å². The lowest BCUT2D eigenvalue weighted by Gasteiger charge is -2.28. The largest absolute Gasteiger partial charge is 0.490 e. The molecule has 1 fully saturated rings. The normalized spacial score (nSPS) is 17.3. The monoisotopic (exact) mass is 532 g/mol. The van der Waals surface area contributed by atoms with Crippen LogP contribution in [-0.4, -0.2) is 12.6 Å². The van der Waals surface area contributed by atoms with Gasteiger partial charge in [0.15, 0.2) is 23.2 Å². The van der Waals surface area contributed by atoms with Crippen molar-refractivity contribution in [2.75, 3.05) is 6.61 Å². The Morgan fingerprint density at radius 1 is 0.842 bits per heavy atom. The first kappa shape index (κ1) is 27.6. The fourth-order valence-electron chi connectivity index (χ4n) is 4.77. The summed E-state index contributed by atoms with van der Waals surface area (Å²) in [7, 11) is 0. The summed E-state index contributed by atoms with van der Waals surface area (Å²) in [5.41, 5.74) is 0.0814. The standard InChI is InChI=1S/C30H29F5O3/c1-3-4-15-37-25-14-13-23(28(34)29(25)35)22-12-10-20(16-24(22)31)38-30(36)19-8-6-18(7-9-19)21-11-5-17(2)26(32)27(21)33/h5,10-14,16,18-19H,3-4,6-9,15H2,1-2H3. The fraction of sp³-hybridized carbons (Fsp3) is 0.367. The van der Waals surface area contributed by atoms with E-state index in [1.807, 2.05) is 6.92 Å². The molecule has 0 N–H and O–H groups in total. The summed E-state index contributed by atoms with van der Waals surface area (Å²) in [6, 6.07) is 9.11. The molecule has 3 nitrogen and oxygen atoms in total. The predicted molar refractivity (Wildman–Crippen MR) is 134 cm³/mol. The first-order chi connectivity index (χ1) is 18.2. The highest BCUT2D eigenvalue weighted by atomic mass is 19.2. The third-order valence-electron chi connectivity index (χ3n) is 7.06. The summed E-state index contributed by atoms with van der Waals surface area (Å²) in [5.74, 6) is -6.55. The van der Waals surface area contributed by atoms with Crippen molar-refractivity contribution < 1.29 is 36.2 Å². The number of aryl methyl sites for hydroxylation is 1. The van der Waals surface area contributed by atoms with E-state index in [2.05, 4.69) is 0 Å². The molecule has 1 aliphatic carbocycles. The second kappa shape index (κ2) is 12.0. The Balaban J connectivity index is 1.40. The third-order valence-corrected chi connectivity index (χ3v) is 7.06. The van der Waals surface area contributed by atoms with Crippen molar-refractivity contribution in [1.29, 1.82) is 0 Å². The van der Waals surface area contributed by atoms with E-state index in [4.69, 9.17) is 9.47 Å². The molecule has 38 heavy (non-hydrogen) atoms. The Labute approximate surface area is 218 Å². The van der Waals surface area contributed by atoms with E-state index in [1.165, 1.54) is 31.2 Å². The number of hydrogen-bond donors (Lipinski definition) is 0. The van der Waals surface area contributed by atoms with Crippen LogP contribution in [0.15, 0.2) is 42.5 Å².